The molecule has 0 aliphatic heterocycles. The summed E-state index contributed by atoms with van der Waals surface area (Å²) < 4.78 is 47.5. The Labute approximate surface area is 146 Å². The van der Waals surface area contributed by atoms with Crippen molar-refractivity contribution in [1.29, 1.82) is 0 Å². The number of aromatic amines is 1. The van der Waals surface area contributed by atoms with Crippen LogP contribution in [0.5, 0.6) is 0 Å². The molecule has 7 nitrogen and oxygen atoms in total. The number of carbonyl (C=O) groups is 1. The Kier molecular flexibility index (Phi) is 5.04. The summed E-state index contributed by atoms with van der Waals surface area (Å²) in [6.07, 6.45) is 2.19. The van der Waals surface area contributed by atoms with Crippen molar-refractivity contribution in [2.45, 2.75) is 34.6 Å². The van der Waals surface area contributed by atoms with E-state index in [1.165, 1.54) is 12.1 Å². The van der Waals surface area contributed by atoms with E-state index in [4.69, 9.17) is 0 Å². The van der Waals surface area contributed by atoms with Crippen molar-refractivity contribution >= 4 is 33.2 Å². The van der Waals surface area contributed by atoms with Gasteiger partial charge in [-0.2, -0.15) is 8.78 Å². The molecule has 0 radical (unpaired) electrons. The number of benzene rings is 1. The van der Waals surface area contributed by atoms with Crippen molar-refractivity contribution in [3.8, 4) is 0 Å². The summed E-state index contributed by atoms with van der Waals surface area (Å²) in [6, 6.07) is 4.58. The molecule has 0 bridgehead atoms. The maximum atomic E-state index is 12.5. The summed E-state index contributed by atoms with van der Waals surface area (Å²) in [5.41, 5.74) is 0.312. The van der Waals surface area contributed by atoms with Gasteiger partial charge >= 0.3 is 5.76 Å². The molecule has 11 heteroatoms. The van der Waals surface area contributed by atoms with Crippen molar-refractivity contribution in [2.24, 2.45) is 0 Å². The van der Waals surface area contributed by atoms with Crippen LogP contribution in [0.25, 0.3) is 0 Å². The molecular weight excluding hydrogens is 374 g/mol. The predicted octanol–water partition coefficient (Wildman–Crippen LogP) is 2.41. The zero-order valence-corrected chi connectivity index (χ0v) is 14.4. The number of nitrogens with zero attached hydrogens (tertiary/aromatic N) is 2. The number of thioether (sulfide) groups is 1. The number of H-pyrrole nitrogens is 1. The molecule has 0 spiro atoms. The fraction of sp³-hybridized carbons (Fsp3) is 0.357. The molecule has 1 aliphatic rings. The molecule has 1 heterocycles. The maximum Gasteiger partial charge on any atom is 0.341 e. The Hall–Kier alpha value is -2.01. The molecule has 1 fully saturated rings. The third-order valence-corrected chi connectivity index (χ3v) is 5.73. The highest BCUT2D eigenvalue weighted by molar-refractivity contribution is 7.99. The van der Waals surface area contributed by atoms with E-state index < -0.39 is 20.5 Å². The molecule has 0 saturated heterocycles. The van der Waals surface area contributed by atoms with Crippen molar-refractivity contribution in [1.82, 2.24) is 15.2 Å². The van der Waals surface area contributed by atoms with E-state index in [2.05, 4.69) is 20.5 Å². The summed E-state index contributed by atoms with van der Waals surface area (Å²) >= 11 is 1.16. The Morgan fingerprint density at radius 2 is 2.00 bits per heavy atom. The van der Waals surface area contributed by atoms with E-state index in [-0.39, 0.29) is 11.7 Å². The lowest BCUT2D eigenvalue weighted by molar-refractivity contribution is -0.113. The van der Waals surface area contributed by atoms with Gasteiger partial charge in [-0.25, -0.2) is 13.4 Å². The average Bonchev–Trinajstić information content (AvgIpc) is 3.32. The molecule has 25 heavy (non-hydrogen) atoms. The largest absolute Gasteiger partial charge is 0.341 e. The Bertz CT molecular complexity index is 864. The molecule has 0 unspecified atom stereocenters. The van der Waals surface area contributed by atoms with Gasteiger partial charge in [-0.05, 0) is 37.1 Å². The maximum absolute atomic E-state index is 12.5. The quantitative estimate of drug-likeness (QED) is 0.706. The minimum atomic E-state index is -4.64. The monoisotopic (exact) mass is 388 g/mol. The van der Waals surface area contributed by atoms with Gasteiger partial charge in [0.1, 0.15) is 5.82 Å². The van der Waals surface area contributed by atoms with E-state index in [9.17, 15) is 22.0 Å². The topological polar surface area (TPSA) is 105 Å². The van der Waals surface area contributed by atoms with Crippen LogP contribution in [0.1, 0.15) is 24.6 Å². The molecular formula is C14H14F2N4O3S2. The smallest absolute Gasteiger partial charge is 0.325 e. The zero-order chi connectivity index (χ0) is 18.0. The number of carbonyl (C=O) groups excluding carboxylic acids is 1. The van der Waals surface area contributed by atoms with Gasteiger partial charge in [-0.15, -0.1) is 5.10 Å². The van der Waals surface area contributed by atoms with Gasteiger partial charge in [0.2, 0.25) is 20.9 Å². The van der Waals surface area contributed by atoms with Crippen LogP contribution in [0.3, 0.4) is 0 Å². The Morgan fingerprint density at radius 3 is 2.60 bits per heavy atom. The number of alkyl halides is 2. The summed E-state index contributed by atoms with van der Waals surface area (Å²) in [6.45, 7) is 0. The first kappa shape index (κ1) is 17.8. The standard InChI is InChI=1S/C14H14F2N4O3S2/c15-13(16)25(22,23)10-5-3-9(4-6-10)17-11(21)7-24-14-18-12(19-20-14)8-1-2-8/h3-6,8,13H,1-2,7H2,(H,17,21)(H,18,19,20). The number of halogens is 2. The van der Waals surface area contributed by atoms with E-state index in [0.29, 0.717) is 16.8 Å². The number of nitrogens with one attached hydrogen (secondary N) is 2. The van der Waals surface area contributed by atoms with Gasteiger partial charge in [-0.3, -0.25) is 9.89 Å². The molecule has 1 aliphatic carbocycles. The number of anilines is 1. The van der Waals surface area contributed by atoms with Crippen LogP contribution in [-0.4, -0.2) is 41.0 Å². The molecule has 3 rings (SSSR count). The van der Waals surface area contributed by atoms with Gasteiger partial charge in [0.15, 0.2) is 0 Å². The number of aromatic nitrogens is 3. The third-order valence-electron chi connectivity index (χ3n) is 3.48. The second-order valence-electron chi connectivity index (χ2n) is 5.44. The lowest BCUT2D eigenvalue weighted by atomic mass is 10.3. The predicted molar refractivity (Wildman–Crippen MR) is 87.3 cm³/mol. The van der Waals surface area contributed by atoms with Gasteiger partial charge in [0.05, 0.1) is 10.6 Å². The lowest BCUT2D eigenvalue weighted by Gasteiger charge is -2.06. The van der Waals surface area contributed by atoms with Gasteiger partial charge in [-0.1, -0.05) is 11.8 Å². The van der Waals surface area contributed by atoms with Crippen LogP contribution in [0.15, 0.2) is 34.3 Å². The molecule has 1 aromatic carbocycles. The highest BCUT2D eigenvalue weighted by atomic mass is 32.2. The zero-order valence-electron chi connectivity index (χ0n) is 12.8. The summed E-state index contributed by atoms with van der Waals surface area (Å²) in [4.78, 5) is 15.7. The molecule has 1 saturated carbocycles. The van der Waals surface area contributed by atoms with Crippen LogP contribution in [0.4, 0.5) is 14.5 Å². The van der Waals surface area contributed by atoms with Crippen LogP contribution < -0.4 is 5.32 Å². The first-order valence-corrected chi connectivity index (χ1v) is 9.86. The summed E-state index contributed by atoms with van der Waals surface area (Å²) in [5, 5.41) is 9.90. The fourth-order valence-electron chi connectivity index (χ4n) is 2.02. The molecule has 1 aromatic heterocycles. The minimum absolute atomic E-state index is 0.0685. The number of hydrogen-bond acceptors (Lipinski definition) is 6. The van der Waals surface area contributed by atoms with Crippen LogP contribution in [0.2, 0.25) is 0 Å². The van der Waals surface area contributed by atoms with E-state index in [1.807, 2.05) is 0 Å². The van der Waals surface area contributed by atoms with Crippen molar-refractivity contribution < 1.29 is 22.0 Å². The number of hydrogen-bond donors (Lipinski definition) is 2. The first-order chi connectivity index (χ1) is 11.9. The van der Waals surface area contributed by atoms with Gasteiger partial charge in [0.25, 0.3) is 0 Å². The highest BCUT2D eigenvalue weighted by Crippen LogP contribution is 2.38. The summed E-state index contributed by atoms with van der Waals surface area (Å²) in [7, 11) is -4.64. The normalized spacial score (nSPS) is 14.7. The van der Waals surface area contributed by atoms with Crippen molar-refractivity contribution in [3.63, 3.8) is 0 Å². The average molecular weight is 388 g/mol. The molecule has 0 atom stereocenters. The van der Waals surface area contributed by atoms with E-state index in [0.717, 1.165) is 42.6 Å². The fourth-order valence-corrected chi connectivity index (χ4v) is 3.35. The molecule has 134 valence electrons. The van der Waals surface area contributed by atoms with Crippen molar-refractivity contribution in [3.05, 3.63) is 30.1 Å². The molecule has 1 amide bonds. The second-order valence-corrected chi connectivity index (χ2v) is 8.30. The first-order valence-electron chi connectivity index (χ1n) is 7.33. The Balaban J connectivity index is 1.53. The SMILES string of the molecule is O=C(CSc1n[nH]c(C2CC2)n1)Nc1ccc(S(=O)(=O)C(F)F)cc1. The highest BCUT2D eigenvalue weighted by Gasteiger charge is 2.27. The number of amides is 1. The number of sulfone groups is 1. The van der Waals surface area contributed by atoms with Gasteiger partial charge < -0.3 is 5.32 Å². The summed E-state index contributed by atoms with van der Waals surface area (Å²) in [5.74, 6) is -2.48. The third kappa shape index (κ3) is 4.34. The van der Waals surface area contributed by atoms with Crippen LogP contribution >= 0.6 is 11.8 Å². The lowest BCUT2D eigenvalue weighted by Crippen LogP contribution is -2.15. The van der Waals surface area contributed by atoms with Crippen LogP contribution in [0, 0.1) is 0 Å². The Morgan fingerprint density at radius 1 is 1.32 bits per heavy atom. The van der Waals surface area contributed by atoms with E-state index >= 15 is 0 Å². The van der Waals surface area contributed by atoms with E-state index in [1.54, 1.807) is 0 Å². The molecule has 2 N–H and O–H groups in total. The van der Waals surface area contributed by atoms with Crippen LogP contribution in [-0.2, 0) is 14.6 Å². The second kappa shape index (κ2) is 7.08. The van der Waals surface area contributed by atoms with Crippen molar-refractivity contribution in [2.75, 3.05) is 11.1 Å². The van der Waals surface area contributed by atoms with Gasteiger partial charge in [0, 0.05) is 11.6 Å². The minimum Gasteiger partial charge on any atom is -0.325 e. The number of rotatable bonds is 7. The molecule has 2 aromatic rings.